The van der Waals surface area contributed by atoms with Gasteiger partial charge in [-0.1, -0.05) is 0 Å². The second kappa shape index (κ2) is 6.59. The zero-order valence-electron chi connectivity index (χ0n) is 11.9. The van der Waals surface area contributed by atoms with Crippen LogP contribution >= 0.6 is 11.6 Å². The van der Waals surface area contributed by atoms with Crippen LogP contribution in [-0.4, -0.2) is 38.3 Å². The van der Waals surface area contributed by atoms with Crippen molar-refractivity contribution in [3.8, 4) is 5.75 Å². The maximum atomic E-state index is 11.6. The molecule has 6 heteroatoms. The first-order valence-electron chi connectivity index (χ1n) is 6.48. The SMILES string of the molecule is COc1ccc2nc(CCCl)n(CC(C)S(C)=O)c2c1. The Morgan fingerprint density at radius 1 is 1.50 bits per heavy atom. The van der Waals surface area contributed by atoms with Crippen molar-refractivity contribution in [2.45, 2.75) is 25.1 Å². The van der Waals surface area contributed by atoms with E-state index in [1.165, 1.54) is 0 Å². The Bertz CT molecular complexity index is 627. The summed E-state index contributed by atoms with van der Waals surface area (Å²) in [5.74, 6) is 2.24. The van der Waals surface area contributed by atoms with Gasteiger partial charge in [0, 0.05) is 47.2 Å². The number of imidazole rings is 1. The second-order valence-corrected chi connectivity index (χ2v) is 6.92. The zero-order valence-corrected chi connectivity index (χ0v) is 13.5. The number of aromatic nitrogens is 2. The summed E-state index contributed by atoms with van der Waals surface area (Å²) >= 11 is 5.86. The number of methoxy groups -OCH3 is 1. The normalized spacial score (nSPS) is 14.4. The number of ether oxygens (including phenoxy) is 1. The molecule has 2 unspecified atom stereocenters. The molecule has 0 aliphatic carbocycles. The number of rotatable bonds is 6. The molecule has 2 rings (SSSR count). The fourth-order valence-electron chi connectivity index (χ4n) is 2.12. The van der Waals surface area contributed by atoms with Gasteiger partial charge in [0.05, 0.1) is 18.1 Å². The molecule has 0 amide bonds. The van der Waals surface area contributed by atoms with E-state index < -0.39 is 10.8 Å². The van der Waals surface area contributed by atoms with Crippen LogP contribution < -0.4 is 4.74 Å². The van der Waals surface area contributed by atoms with Crippen molar-refractivity contribution >= 4 is 33.4 Å². The maximum Gasteiger partial charge on any atom is 0.121 e. The molecule has 0 N–H and O–H groups in total. The molecular weight excluding hydrogens is 296 g/mol. The lowest BCUT2D eigenvalue weighted by Crippen LogP contribution is -2.19. The smallest absolute Gasteiger partial charge is 0.121 e. The molecule has 0 bridgehead atoms. The Labute approximate surface area is 126 Å². The average Bonchev–Trinajstić information content (AvgIpc) is 2.76. The second-order valence-electron chi connectivity index (χ2n) is 4.74. The van der Waals surface area contributed by atoms with Crippen LogP contribution in [0.3, 0.4) is 0 Å². The number of hydrogen-bond acceptors (Lipinski definition) is 3. The van der Waals surface area contributed by atoms with Crippen molar-refractivity contribution in [3.63, 3.8) is 0 Å². The summed E-state index contributed by atoms with van der Waals surface area (Å²) < 4.78 is 19.0. The Kier molecular flexibility index (Phi) is 5.05. The first-order valence-corrected chi connectivity index (χ1v) is 8.63. The van der Waals surface area contributed by atoms with Crippen LogP contribution in [0.4, 0.5) is 0 Å². The number of fused-ring (bicyclic) bond motifs is 1. The Balaban J connectivity index is 2.50. The molecule has 0 saturated carbocycles. The predicted octanol–water partition coefficient (Wildman–Crippen LogP) is 2.59. The summed E-state index contributed by atoms with van der Waals surface area (Å²) in [7, 11) is 0.774. The molecule has 0 fully saturated rings. The zero-order chi connectivity index (χ0) is 14.7. The van der Waals surface area contributed by atoms with Crippen LogP contribution in [0.15, 0.2) is 18.2 Å². The molecule has 1 heterocycles. The molecule has 0 spiro atoms. The minimum Gasteiger partial charge on any atom is -0.497 e. The van der Waals surface area contributed by atoms with Crippen LogP contribution in [-0.2, 0) is 23.8 Å². The largest absolute Gasteiger partial charge is 0.497 e. The standard InChI is InChI=1S/C14H19ClN2O2S/c1-10(20(3)18)9-17-13-8-11(19-2)4-5-12(13)16-14(17)6-7-15/h4-5,8,10H,6-7,9H2,1-3H3. The lowest BCUT2D eigenvalue weighted by atomic mass is 10.3. The van der Waals surface area contributed by atoms with E-state index in [4.69, 9.17) is 16.3 Å². The Hall–Kier alpha value is -1.07. The first kappa shape index (κ1) is 15.3. The van der Waals surface area contributed by atoms with Crippen LogP contribution in [0.1, 0.15) is 12.7 Å². The van der Waals surface area contributed by atoms with Crippen molar-refractivity contribution in [1.29, 1.82) is 0 Å². The highest BCUT2D eigenvalue weighted by Gasteiger charge is 2.15. The summed E-state index contributed by atoms with van der Waals surface area (Å²) in [5, 5.41) is 0.0627. The van der Waals surface area contributed by atoms with Gasteiger partial charge >= 0.3 is 0 Å². The summed E-state index contributed by atoms with van der Waals surface area (Å²) in [4.78, 5) is 4.61. The van der Waals surface area contributed by atoms with Crippen LogP contribution in [0.2, 0.25) is 0 Å². The van der Waals surface area contributed by atoms with Crippen LogP contribution in [0, 0.1) is 0 Å². The Morgan fingerprint density at radius 2 is 2.25 bits per heavy atom. The van der Waals surface area contributed by atoms with Crippen molar-refractivity contribution in [2.75, 3.05) is 19.2 Å². The highest BCUT2D eigenvalue weighted by molar-refractivity contribution is 7.84. The van der Waals surface area contributed by atoms with Crippen molar-refractivity contribution in [1.82, 2.24) is 9.55 Å². The highest BCUT2D eigenvalue weighted by atomic mass is 35.5. The monoisotopic (exact) mass is 314 g/mol. The van der Waals surface area contributed by atoms with E-state index in [0.717, 1.165) is 22.6 Å². The fraction of sp³-hybridized carbons (Fsp3) is 0.500. The predicted molar refractivity (Wildman–Crippen MR) is 84.2 cm³/mol. The van der Waals surface area contributed by atoms with Gasteiger partial charge in [-0.3, -0.25) is 4.21 Å². The van der Waals surface area contributed by atoms with Gasteiger partial charge in [0.2, 0.25) is 0 Å². The average molecular weight is 315 g/mol. The topological polar surface area (TPSA) is 44.1 Å². The van der Waals surface area contributed by atoms with Gasteiger partial charge in [0.1, 0.15) is 11.6 Å². The molecule has 1 aromatic heterocycles. The van der Waals surface area contributed by atoms with Gasteiger partial charge in [-0.15, -0.1) is 11.6 Å². The van der Waals surface area contributed by atoms with Gasteiger partial charge in [-0.25, -0.2) is 4.98 Å². The number of halogens is 1. The van der Waals surface area contributed by atoms with Crippen molar-refractivity contribution in [3.05, 3.63) is 24.0 Å². The third-order valence-electron chi connectivity index (χ3n) is 3.36. The minimum absolute atomic E-state index is 0.0627. The molecule has 0 aliphatic heterocycles. The fourth-order valence-corrected chi connectivity index (χ4v) is 2.65. The minimum atomic E-state index is -0.870. The summed E-state index contributed by atoms with van der Waals surface area (Å²) in [6, 6.07) is 5.80. The van der Waals surface area contributed by atoms with Crippen LogP contribution in [0.5, 0.6) is 5.75 Å². The van der Waals surface area contributed by atoms with E-state index in [-0.39, 0.29) is 5.25 Å². The van der Waals surface area contributed by atoms with Gasteiger partial charge in [-0.05, 0) is 19.1 Å². The van der Waals surface area contributed by atoms with Crippen molar-refractivity contribution in [2.24, 2.45) is 0 Å². The number of aryl methyl sites for hydroxylation is 1. The third kappa shape index (κ3) is 3.15. The summed E-state index contributed by atoms with van der Waals surface area (Å²) in [5.41, 5.74) is 1.92. The number of alkyl halides is 1. The first-order chi connectivity index (χ1) is 9.56. The lowest BCUT2D eigenvalue weighted by Gasteiger charge is -2.13. The van der Waals surface area contributed by atoms with Gasteiger partial charge in [-0.2, -0.15) is 0 Å². The van der Waals surface area contributed by atoms with Gasteiger partial charge in [0.25, 0.3) is 0 Å². The molecule has 0 aliphatic rings. The van der Waals surface area contributed by atoms with Crippen LogP contribution in [0.25, 0.3) is 11.0 Å². The molecular formula is C14H19ClN2O2S. The number of benzene rings is 1. The quantitative estimate of drug-likeness (QED) is 0.770. The summed E-state index contributed by atoms with van der Waals surface area (Å²) in [6.07, 6.45) is 2.42. The van der Waals surface area contributed by atoms with Gasteiger partial charge in [0.15, 0.2) is 0 Å². The summed E-state index contributed by atoms with van der Waals surface area (Å²) in [6.45, 7) is 2.64. The molecule has 4 nitrogen and oxygen atoms in total. The molecule has 0 saturated heterocycles. The maximum absolute atomic E-state index is 11.6. The van der Waals surface area contributed by atoms with E-state index in [9.17, 15) is 4.21 Å². The van der Waals surface area contributed by atoms with Crippen molar-refractivity contribution < 1.29 is 8.95 Å². The molecule has 20 heavy (non-hydrogen) atoms. The highest BCUT2D eigenvalue weighted by Crippen LogP contribution is 2.23. The van der Waals surface area contributed by atoms with E-state index >= 15 is 0 Å². The molecule has 0 radical (unpaired) electrons. The lowest BCUT2D eigenvalue weighted by molar-refractivity contribution is 0.415. The molecule has 2 aromatic rings. The molecule has 1 aromatic carbocycles. The third-order valence-corrected chi connectivity index (χ3v) is 4.83. The molecule has 2 atom stereocenters. The number of nitrogens with zero attached hydrogens (tertiary/aromatic N) is 2. The van der Waals surface area contributed by atoms with E-state index in [1.54, 1.807) is 13.4 Å². The molecule has 110 valence electrons. The van der Waals surface area contributed by atoms with E-state index in [0.29, 0.717) is 18.8 Å². The number of hydrogen-bond donors (Lipinski definition) is 0. The van der Waals surface area contributed by atoms with E-state index in [2.05, 4.69) is 9.55 Å². The Morgan fingerprint density at radius 3 is 2.85 bits per heavy atom. The van der Waals surface area contributed by atoms with Gasteiger partial charge < -0.3 is 9.30 Å². The van der Waals surface area contributed by atoms with E-state index in [1.807, 2.05) is 25.1 Å².